The van der Waals surface area contributed by atoms with Crippen molar-refractivity contribution in [3.05, 3.63) is 69.5 Å². The van der Waals surface area contributed by atoms with Gasteiger partial charge >= 0.3 is 0 Å². The first-order chi connectivity index (χ1) is 13.1. The monoisotopic (exact) mass is 445 g/mol. The number of benzene rings is 2. The van der Waals surface area contributed by atoms with Crippen LogP contribution >= 0.6 is 27.5 Å². The third kappa shape index (κ3) is 3.92. The van der Waals surface area contributed by atoms with Crippen molar-refractivity contribution in [3.8, 4) is 11.4 Å². The van der Waals surface area contributed by atoms with Gasteiger partial charge in [0.1, 0.15) is 0 Å². The Labute approximate surface area is 170 Å². The third-order valence-corrected chi connectivity index (χ3v) is 5.61. The number of hydrogen-bond donors (Lipinski definition) is 0. The maximum Gasteiger partial charge on any atom is 0.255 e. The number of nitrogens with zero attached hydrogens (tertiary/aromatic N) is 3. The Hall–Kier alpha value is -2.18. The van der Waals surface area contributed by atoms with Crippen molar-refractivity contribution in [2.75, 3.05) is 13.1 Å². The molecule has 1 unspecified atom stereocenters. The van der Waals surface area contributed by atoms with E-state index in [1.165, 1.54) is 0 Å². The van der Waals surface area contributed by atoms with Crippen molar-refractivity contribution in [1.82, 2.24) is 15.0 Å². The molecule has 0 saturated carbocycles. The zero-order valence-electron chi connectivity index (χ0n) is 14.4. The predicted octanol–water partition coefficient (Wildman–Crippen LogP) is 5.17. The number of rotatable bonds is 3. The summed E-state index contributed by atoms with van der Waals surface area (Å²) in [6.45, 7) is 1.29. The van der Waals surface area contributed by atoms with Gasteiger partial charge in [-0.25, -0.2) is 0 Å². The number of amides is 1. The van der Waals surface area contributed by atoms with Gasteiger partial charge < -0.3 is 9.42 Å². The van der Waals surface area contributed by atoms with Gasteiger partial charge in [-0.1, -0.05) is 41.0 Å². The summed E-state index contributed by atoms with van der Waals surface area (Å²) in [5.41, 5.74) is 1.48. The molecular formula is C20H17BrClN3O2. The molecule has 0 N–H and O–H groups in total. The van der Waals surface area contributed by atoms with Crippen LogP contribution in [-0.2, 0) is 0 Å². The smallest absolute Gasteiger partial charge is 0.255 e. The summed E-state index contributed by atoms with van der Waals surface area (Å²) in [5.74, 6) is 1.13. The highest BCUT2D eigenvalue weighted by molar-refractivity contribution is 9.10. The Bertz CT molecular complexity index is 975. The second kappa shape index (κ2) is 7.82. The highest BCUT2D eigenvalue weighted by Gasteiger charge is 2.29. The van der Waals surface area contributed by atoms with Gasteiger partial charge in [-0.15, -0.1) is 0 Å². The van der Waals surface area contributed by atoms with Crippen LogP contribution in [0.5, 0.6) is 0 Å². The molecule has 0 spiro atoms. The van der Waals surface area contributed by atoms with E-state index in [2.05, 4.69) is 26.1 Å². The van der Waals surface area contributed by atoms with Crippen LogP contribution in [-0.4, -0.2) is 34.0 Å². The predicted molar refractivity (Wildman–Crippen MR) is 107 cm³/mol. The molecular weight excluding hydrogens is 430 g/mol. The zero-order valence-corrected chi connectivity index (χ0v) is 16.8. The number of carbonyl (C=O) groups is 1. The molecule has 138 valence electrons. The summed E-state index contributed by atoms with van der Waals surface area (Å²) < 4.78 is 6.31. The first-order valence-corrected chi connectivity index (χ1v) is 9.92. The molecule has 1 aliphatic heterocycles. The molecule has 1 amide bonds. The summed E-state index contributed by atoms with van der Waals surface area (Å²) >= 11 is 9.50. The Kier molecular flexibility index (Phi) is 5.27. The summed E-state index contributed by atoms with van der Waals surface area (Å²) in [7, 11) is 0. The fraction of sp³-hybridized carbons (Fsp3) is 0.250. The maximum atomic E-state index is 12.9. The van der Waals surface area contributed by atoms with Gasteiger partial charge in [-0.3, -0.25) is 4.79 Å². The van der Waals surface area contributed by atoms with Crippen molar-refractivity contribution in [1.29, 1.82) is 0 Å². The van der Waals surface area contributed by atoms with E-state index in [0.29, 0.717) is 28.8 Å². The van der Waals surface area contributed by atoms with Gasteiger partial charge in [-0.05, 0) is 53.0 Å². The van der Waals surface area contributed by atoms with Crippen molar-refractivity contribution >= 4 is 33.4 Å². The van der Waals surface area contributed by atoms with Crippen LogP contribution < -0.4 is 0 Å². The molecule has 3 aromatic rings. The lowest BCUT2D eigenvalue weighted by atomic mass is 9.97. The minimum absolute atomic E-state index is 0.0155. The average Bonchev–Trinajstić information content (AvgIpc) is 3.18. The summed E-state index contributed by atoms with van der Waals surface area (Å²) in [6, 6.07) is 14.8. The van der Waals surface area contributed by atoms with E-state index in [1.54, 1.807) is 12.1 Å². The molecule has 1 aromatic heterocycles. The minimum atomic E-state index is 0.0155. The highest BCUT2D eigenvalue weighted by Crippen LogP contribution is 2.29. The van der Waals surface area contributed by atoms with Crippen molar-refractivity contribution in [2.45, 2.75) is 18.8 Å². The number of piperidine rings is 1. The summed E-state index contributed by atoms with van der Waals surface area (Å²) in [6.07, 6.45) is 1.81. The Balaban J connectivity index is 1.52. The van der Waals surface area contributed by atoms with E-state index in [-0.39, 0.29) is 11.8 Å². The Morgan fingerprint density at radius 2 is 2.07 bits per heavy atom. The highest BCUT2D eigenvalue weighted by atomic mass is 79.9. The topological polar surface area (TPSA) is 59.2 Å². The fourth-order valence-electron chi connectivity index (χ4n) is 3.31. The van der Waals surface area contributed by atoms with Gasteiger partial charge in [0.2, 0.25) is 11.7 Å². The maximum absolute atomic E-state index is 12.9. The largest absolute Gasteiger partial charge is 0.339 e. The molecule has 7 heteroatoms. The van der Waals surface area contributed by atoms with Crippen LogP contribution in [0.4, 0.5) is 0 Å². The molecule has 0 aliphatic carbocycles. The van der Waals surface area contributed by atoms with E-state index in [1.807, 2.05) is 41.3 Å². The molecule has 0 radical (unpaired) electrons. The van der Waals surface area contributed by atoms with Gasteiger partial charge in [-0.2, -0.15) is 4.98 Å². The second-order valence-electron chi connectivity index (χ2n) is 6.54. The Morgan fingerprint density at radius 1 is 1.22 bits per heavy atom. The van der Waals surface area contributed by atoms with Gasteiger partial charge in [0.25, 0.3) is 5.91 Å². The zero-order chi connectivity index (χ0) is 18.8. The van der Waals surface area contributed by atoms with E-state index >= 15 is 0 Å². The molecule has 27 heavy (non-hydrogen) atoms. The number of aromatic nitrogens is 2. The minimum Gasteiger partial charge on any atom is -0.339 e. The molecule has 0 bridgehead atoms. The van der Waals surface area contributed by atoms with Crippen LogP contribution in [0.15, 0.2) is 57.5 Å². The van der Waals surface area contributed by atoms with Gasteiger partial charge in [0, 0.05) is 28.1 Å². The standard InChI is InChI=1S/C20H17BrClN3O2/c21-17-9-2-1-8-16(17)20(26)25-10-4-6-14(12-25)19-23-18(24-27-19)13-5-3-7-15(22)11-13/h1-3,5,7-9,11,14H,4,6,10,12H2. The third-order valence-electron chi connectivity index (χ3n) is 4.69. The van der Waals surface area contributed by atoms with Crippen molar-refractivity contribution in [2.24, 2.45) is 0 Å². The van der Waals surface area contributed by atoms with Crippen LogP contribution in [0, 0.1) is 0 Å². The van der Waals surface area contributed by atoms with E-state index < -0.39 is 0 Å². The van der Waals surface area contributed by atoms with E-state index in [0.717, 1.165) is 29.4 Å². The fourth-order valence-corrected chi connectivity index (χ4v) is 3.96. The lowest BCUT2D eigenvalue weighted by molar-refractivity contribution is 0.0694. The van der Waals surface area contributed by atoms with E-state index in [4.69, 9.17) is 16.1 Å². The summed E-state index contributed by atoms with van der Waals surface area (Å²) in [5, 5.41) is 4.72. The first-order valence-electron chi connectivity index (χ1n) is 8.75. The van der Waals surface area contributed by atoms with Crippen LogP contribution in [0.3, 0.4) is 0 Å². The second-order valence-corrected chi connectivity index (χ2v) is 7.83. The van der Waals surface area contributed by atoms with Crippen LogP contribution in [0.2, 0.25) is 5.02 Å². The average molecular weight is 447 g/mol. The van der Waals surface area contributed by atoms with Crippen LogP contribution in [0.25, 0.3) is 11.4 Å². The molecule has 1 aliphatic rings. The number of hydrogen-bond acceptors (Lipinski definition) is 4. The number of halogens is 2. The SMILES string of the molecule is O=C(c1ccccc1Br)N1CCCC(c2nc(-c3cccc(Cl)c3)no2)C1. The lowest BCUT2D eigenvalue weighted by Gasteiger charge is -2.31. The summed E-state index contributed by atoms with van der Waals surface area (Å²) in [4.78, 5) is 19.3. The normalized spacial score (nSPS) is 17.1. The van der Waals surface area contributed by atoms with Crippen molar-refractivity contribution < 1.29 is 9.32 Å². The molecule has 2 heterocycles. The quantitative estimate of drug-likeness (QED) is 0.557. The first kappa shape index (κ1) is 18.2. The lowest BCUT2D eigenvalue weighted by Crippen LogP contribution is -2.39. The van der Waals surface area contributed by atoms with Crippen molar-refractivity contribution in [3.63, 3.8) is 0 Å². The molecule has 1 saturated heterocycles. The number of likely N-dealkylation sites (tertiary alicyclic amines) is 1. The molecule has 1 atom stereocenters. The molecule has 1 fully saturated rings. The molecule has 4 rings (SSSR count). The number of carbonyl (C=O) groups excluding carboxylic acids is 1. The molecule has 5 nitrogen and oxygen atoms in total. The van der Waals surface area contributed by atoms with Crippen LogP contribution in [0.1, 0.15) is 35.0 Å². The van der Waals surface area contributed by atoms with Gasteiger partial charge in [0.05, 0.1) is 11.5 Å². The molecule has 2 aromatic carbocycles. The van der Waals surface area contributed by atoms with Gasteiger partial charge in [0.15, 0.2) is 0 Å². The van der Waals surface area contributed by atoms with E-state index in [9.17, 15) is 4.79 Å². The Morgan fingerprint density at radius 3 is 2.89 bits per heavy atom.